The summed E-state index contributed by atoms with van der Waals surface area (Å²) in [6.07, 6.45) is 5.63. The van der Waals surface area contributed by atoms with E-state index in [4.69, 9.17) is 4.74 Å². The van der Waals surface area contributed by atoms with Crippen LogP contribution < -0.4 is 4.74 Å². The van der Waals surface area contributed by atoms with E-state index in [1.807, 2.05) is 0 Å². The van der Waals surface area contributed by atoms with E-state index >= 15 is 0 Å². The highest BCUT2D eigenvalue weighted by Crippen LogP contribution is 2.60. The van der Waals surface area contributed by atoms with Crippen molar-refractivity contribution in [1.82, 2.24) is 0 Å². The molecule has 9 heteroatoms. The van der Waals surface area contributed by atoms with Gasteiger partial charge >= 0.3 is 5.97 Å². The van der Waals surface area contributed by atoms with Gasteiger partial charge in [-0.25, -0.2) is 13.2 Å². The summed E-state index contributed by atoms with van der Waals surface area (Å²) in [6, 6.07) is 7.92. The zero-order valence-electron chi connectivity index (χ0n) is 16.9. The maximum absolute atomic E-state index is 13.0. The smallest absolute Gasteiger partial charge is 0.343 e. The highest BCUT2D eigenvalue weighted by atomic mass is 127. The van der Waals surface area contributed by atoms with Crippen molar-refractivity contribution < 1.29 is 22.5 Å². The van der Waals surface area contributed by atoms with E-state index in [2.05, 4.69) is 67.8 Å². The van der Waals surface area contributed by atoms with Gasteiger partial charge < -0.3 is 9.29 Å². The first kappa shape index (κ1) is 23.7. The molecule has 170 valence electrons. The number of halogens is 3. The Hall–Kier alpha value is 0.01000. The average Bonchev–Trinajstić information content (AvgIpc) is 2.70. The van der Waals surface area contributed by atoms with Gasteiger partial charge in [-0.2, -0.15) is 0 Å². The normalized spacial score (nSPS) is 28.7. The van der Waals surface area contributed by atoms with Gasteiger partial charge in [0.1, 0.15) is 15.9 Å². The van der Waals surface area contributed by atoms with Crippen LogP contribution in [0.4, 0.5) is 0 Å². The molecule has 2 aromatic rings. The summed E-state index contributed by atoms with van der Waals surface area (Å²) in [4.78, 5) is 12.8. The number of carbonyl (C=O) groups excluding carboxylic acids is 1. The van der Waals surface area contributed by atoms with Gasteiger partial charge in [-0.1, -0.05) is 0 Å². The lowest BCUT2D eigenvalue weighted by Gasteiger charge is -2.55. The van der Waals surface area contributed by atoms with Crippen molar-refractivity contribution in [1.29, 1.82) is 0 Å². The van der Waals surface area contributed by atoms with Crippen LogP contribution in [-0.4, -0.2) is 18.9 Å². The number of hydrogen-bond acceptors (Lipinski definition) is 5. The second-order valence-corrected chi connectivity index (χ2v) is 14.0. The summed E-state index contributed by atoms with van der Waals surface area (Å²) in [6.45, 7) is 0. The summed E-state index contributed by atoms with van der Waals surface area (Å²) in [7, 11) is -4.64. The minimum atomic E-state index is -4.64. The van der Waals surface area contributed by atoms with E-state index in [1.165, 1.54) is 18.6 Å². The lowest BCUT2D eigenvalue weighted by molar-refractivity contribution is -0.00373. The average molecular weight is 789 g/mol. The van der Waals surface area contributed by atoms with Crippen LogP contribution in [0.3, 0.4) is 0 Å². The molecule has 32 heavy (non-hydrogen) atoms. The molecule has 5 nitrogen and oxygen atoms in total. The van der Waals surface area contributed by atoms with Crippen molar-refractivity contribution in [2.45, 2.75) is 42.9 Å². The molecule has 0 unspecified atom stereocenters. The highest BCUT2D eigenvalue weighted by molar-refractivity contribution is 14.1. The van der Waals surface area contributed by atoms with Crippen LogP contribution in [0.1, 0.15) is 53.9 Å². The molecule has 0 N–H and O–H groups in total. The second-order valence-electron chi connectivity index (χ2n) is 9.25. The zero-order valence-corrected chi connectivity index (χ0v) is 24.2. The lowest BCUT2D eigenvalue weighted by Crippen LogP contribution is -2.44. The van der Waals surface area contributed by atoms with Crippen LogP contribution in [0, 0.1) is 34.4 Å². The lowest BCUT2D eigenvalue weighted by atomic mass is 9.50. The molecular formula is C23H20I3O5S-. The van der Waals surface area contributed by atoms with E-state index in [0.29, 0.717) is 23.1 Å². The molecule has 4 aliphatic carbocycles. The molecule has 0 saturated heterocycles. The third-order valence-corrected chi connectivity index (χ3v) is 13.1. The number of rotatable bonds is 4. The second kappa shape index (κ2) is 8.90. The molecular weight excluding hydrogens is 769 g/mol. The first-order chi connectivity index (χ1) is 15.1. The molecule has 0 aliphatic heterocycles. The molecule has 2 aromatic carbocycles. The van der Waals surface area contributed by atoms with Crippen molar-refractivity contribution in [3.05, 3.63) is 52.2 Å². The predicted molar refractivity (Wildman–Crippen MR) is 144 cm³/mol. The SMILES string of the molecule is O=C(Oc1cc(I)c(I)c(I)c1)c1ccc(S(=O)(=O)[O-])c(C2C3CC4CC(C3)CC2C4)c1. The number of hydrogen-bond donors (Lipinski definition) is 0. The van der Waals surface area contributed by atoms with Crippen LogP contribution >= 0.6 is 67.8 Å². The fourth-order valence-electron chi connectivity index (χ4n) is 6.35. The van der Waals surface area contributed by atoms with Crippen molar-refractivity contribution >= 4 is 83.9 Å². The van der Waals surface area contributed by atoms with Gasteiger partial charge in [-0.15, -0.1) is 0 Å². The van der Waals surface area contributed by atoms with Crippen molar-refractivity contribution in [2.75, 3.05) is 0 Å². The summed E-state index contributed by atoms with van der Waals surface area (Å²) in [5, 5.41) is 0. The van der Waals surface area contributed by atoms with Gasteiger partial charge in [0, 0.05) is 10.7 Å². The largest absolute Gasteiger partial charge is 0.744 e. The minimum absolute atomic E-state index is 0.0227. The number of esters is 1. The number of benzene rings is 2. The van der Waals surface area contributed by atoms with Crippen molar-refractivity contribution in [3.8, 4) is 5.75 Å². The molecule has 4 aliphatic rings. The van der Waals surface area contributed by atoms with E-state index in [0.717, 1.165) is 48.2 Å². The van der Waals surface area contributed by atoms with Gasteiger partial charge in [0.15, 0.2) is 0 Å². The molecule has 6 rings (SSSR count). The molecule has 0 spiro atoms. The van der Waals surface area contributed by atoms with E-state index in [9.17, 15) is 17.8 Å². The molecule has 4 saturated carbocycles. The van der Waals surface area contributed by atoms with Crippen molar-refractivity contribution in [3.63, 3.8) is 0 Å². The number of ether oxygens (including phenoxy) is 1. The highest BCUT2D eigenvalue weighted by Gasteiger charge is 2.49. The van der Waals surface area contributed by atoms with E-state index < -0.39 is 16.1 Å². The Bertz CT molecular complexity index is 1160. The van der Waals surface area contributed by atoms with Crippen LogP contribution in [0.25, 0.3) is 0 Å². The maximum Gasteiger partial charge on any atom is 0.343 e. The Morgan fingerprint density at radius 1 is 0.906 bits per heavy atom. The van der Waals surface area contributed by atoms with E-state index in [-0.39, 0.29) is 16.4 Å². The Labute approximate surface area is 228 Å². The molecule has 4 fully saturated rings. The van der Waals surface area contributed by atoms with Crippen LogP contribution in [0.2, 0.25) is 0 Å². The fraction of sp³-hybridized carbons (Fsp3) is 0.435. The number of carbonyl (C=O) groups is 1. The third kappa shape index (κ3) is 4.49. The molecule has 0 atom stereocenters. The Balaban J connectivity index is 1.51. The minimum Gasteiger partial charge on any atom is -0.744 e. The summed E-state index contributed by atoms with van der Waals surface area (Å²) in [5.74, 6) is 2.14. The van der Waals surface area contributed by atoms with Crippen LogP contribution in [0.5, 0.6) is 5.75 Å². The standard InChI is InChI=1S/C23H21I3O5S/c24-18-9-16(10-19(25)22(18)26)31-23(27)13-1-2-20(32(28,29)30)17(8-13)21-14-4-11-3-12(6-14)7-15(21)5-11/h1-2,8-12,14-15,21H,3-7H2,(H,28,29,30)/p-1. The quantitative estimate of drug-likeness (QED) is 0.122. The summed E-state index contributed by atoms with van der Waals surface area (Å²) < 4.78 is 45.0. The van der Waals surface area contributed by atoms with Gasteiger partial charge in [0.25, 0.3) is 0 Å². The molecule has 4 bridgehead atoms. The molecule has 0 heterocycles. The van der Waals surface area contributed by atoms with E-state index in [1.54, 1.807) is 18.2 Å². The Morgan fingerprint density at radius 2 is 1.47 bits per heavy atom. The zero-order chi connectivity index (χ0) is 22.8. The van der Waals surface area contributed by atoms with Gasteiger partial charge in [-0.3, -0.25) is 0 Å². The molecule has 0 radical (unpaired) electrons. The van der Waals surface area contributed by atoms with Gasteiger partial charge in [-0.05, 0) is 165 Å². The van der Waals surface area contributed by atoms with Crippen LogP contribution in [-0.2, 0) is 10.1 Å². The van der Waals surface area contributed by atoms with Gasteiger partial charge in [0.05, 0.1) is 10.5 Å². The first-order valence-electron chi connectivity index (χ1n) is 10.6. The summed E-state index contributed by atoms with van der Waals surface area (Å²) in [5.41, 5.74) is 0.805. The Morgan fingerprint density at radius 3 is 2.00 bits per heavy atom. The summed E-state index contributed by atoms with van der Waals surface area (Å²) >= 11 is 6.65. The first-order valence-corrected chi connectivity index (χ1v) is 15.2. The molecule has 0 aromatic heterocycles. The third-order valence-electron chi connectivity index (χ3n) is 7.27. The van der Waals surface area contributed by atoms with Gasteiger partial charge in [0.2, 0.25) is 0 Å². The molecule has 0 amide bonds. The van der Waals surface area contributed by atoms with Crippen LogP contribution in [0.15, 0.2) is 35.2 Å². The van der Waals surface area contributed by atoms with Crippen molar-refractivity contribution in [2.24, 2.45) is 23.7 Å². The topological polar surface area (TPSA) is 83.5 Å². The fourth-order valence-corrected chi connectivity index (χ4v) is 9.09. The predicted octanol–water partition coefficient (Wildman–Crippen LogP) is 6.16. The monoisotopic (exact) mass is 789 g/mol. The Kier molecular flexibility index (Phi) is 6.60. The maximum atomic E-state index is 13.0.